The van der Waals surface area contributed by atoms with E-state index in [1.165, 1.54) is 10.8 Å². The summed E-state index contributed by atoms with van der Waals surface area (Å²) in [4.78, 5) is 16.7. The molecule has 1 aromatic heterocycles. The maximum Gasteiger partial charge on any atom is 0.352 e. The lowest BCUT2D eigenvalue weighted by Gasteiger charge is -2.16. The predicted molar refractivity (Wildman–Crippen MR) is 114 cm³/mol. The van der Waals surface area contributed by atoms with Crippen LogP contribution in [0.4, 0.5) is 0 Å². The van der Waals surface area contributed by atoms with Gasteiger partial charge >= 0.3 is 5.69 Å². The lowest BCUT2D eigenvalue weighted by Crippen LogP contribution is -2.22. The maximum atomic E-state index is 12.6. The summed E-state index contributed by atoms with van der Waals surface area (Å²) in [5.41, 5.74) is 2.63. The molecule has 140 valence electrons. The molecule has 3 aromatic carbocycles. The minimum atomic E-state index is -0.492. The Morgan fingerprint density at radius 1 is 0.857 bits per heavy atom. The van der Waals surface area contributed by atoms with Crippen LogP contribution in [0.2, 0.25) is 15.1 Å². The zero-order valence-electron chi connectivity index (χ0n) is 14.4. The SMILES string of the molecule is O=c1ncc2c(-c3cccc(Cl)c3CO)cccc2n1-c1c(Cl)cccc1Cl. The smallest absolute Gasteiger partial charge is 0.352 e. The summed E-state index contributed by atoms with van der Waals surface area (Å²) in [5.74, 6) is 0. The Bertz CT molecular complexity index is 1250. The molecule has 0 atom stereocenters. The monoisotopic (exact) mass is 430 g/mol. The highest BCUT2D eigenvalue weighted by molar-refractivity contribution is 6.37. The molecule has 0 aliphatic rings. The molecule has 7 heteroatoms. The largest absolute Gasteiger partial charge is 0.392 e. The van der Waals surface area contributed by atoms with Crippen LogP contribution in [-0.2, 0) is 6.61 Å². The van der Waals surface area contributed by atoms with E-state index in [0.29, 0.717) is 37.2 Å². The van der Waals surface area contributed by atoms with E-state index < -0.39 is 5.69 Å². The lowest BCUT2D eigenvalue weighted by atomic mass is 9.97. The highest BCUT2D eigenvalue weighted by Crippen LogP contribution is 2.35. The third kappa shape index (κ3) is 3.09. The van der Waals surface area contributed by atoms with E-state index in [2.05, 4.69) is 4.98 Å². The van der Waals surface area contributed by atoms with Gasteiger partial charge in [0.15, 0.2) is 0 Å². The number of para-hydroxylation sites is 1. The third-order valence-corrected chi connectivity index (χ3v) is 5.51. The van der Waals surface area contributed by atoms with E-state index in [-0.39, 0.29) is 6.61 Å². The quantitative estimate of drug-likeness (QED) is 0.465. The van der Waals surface area contributed by atoms with Gasteiger partial charge in [0.1, 0.15) is 0 Å². The highest BCUT2D eigenvalue weighted by atomic mass is 35.5. The molecule has 0 bridgehead atoms. The van der Waals surface area contributed by atoms with Crippen molar-refractivity contribution in [2.24, 2.45) is 0 Å². The highest BCUT2D eigenvalue weighted by Gasteiger charge is 2.17. The molecular weight excluding hydrogens is 419 g/mol. The number of halogens is 3. The van der Waals surface area contributed by atoms with Crippen LogP contribution in [0.1, 0.15) is 5.56 Å². The van der Waals surface area contributed by atoms with Gasteiger partial charge in [-0.15, -0.1) is 0 Å². The van der Waals surface area contributed by atoms with Gasteiger partial charge in [-0.1, -0.05) is 65.1 Å². The number of aliphatic hydroxyl groups excluding tert-OH is 1. The normalized spacial score (nSPS) is 11.1. The van der Waals surface area contributed by atoms with Crippen molar-refractivity contribution in [1.29, 1.82) is 0 Å². The fourth-order valence-corrected chi connectivity index (χ4v) is 4.09. The second-order valence-corrected chi connectivity index (χ2v) is 7.33. The number of nitrogens with zero attached hydrogens (tertiary/aromatic N) is 2. The third-order valence-electron chi connectivity index (χ3n) is 4.55. The van der Waals surface area contributed by atoms with Crippen molar-refractivity contribution in [2.45, 2.75) is 6.61 Å². The van der Waals surface area contributed by atoms with Crippen molar-refractivity contribution in [3.8, 4) is 16.8 Å². The number of benzene rings is 3. The van der Waals surface area contributed by atoms with Gasteiger partial charge in [0.25, 0.3) is 0 Å². The van der Waals surface area contributed by atoms with E-state index in [9.17, 15) is 9.90 Å². The number of hydrogen-bond acceptors (Lipinski definition) is 3. The van der Waals surface area contributed by atoms with Crippen molar-refractivity contribution < 1.29 is 5.11 Å². The molecule has 0 radical (unpaired) electrons. The van der Waals surface area contributed by atoms with Crippen LogP contribution in [0, 0.1) is 0 Å². The number of hydrogen-bond donors (Lipinski definition) is 1. The van der Waals surface area contributed by atoms with Crippen LogP contribution in [0.3, 0.4) is 0 Å². The molecule has 0 fully saturated rings. The molecule has 4 aromatic rings. The van der Waals surface area contributed by atoms with Crippen molar-refractivity contribution in [3.63, 3.8) is 0 Å². The zero-order chi connectivity index (χ0) is 19.8. The summed E-state index contributed by atoms with van der Waals surface area (Å²) >= 11 is 18.9. The average molecular weight is 432 g/mol. The van der Waals surface area contributed by atoms with Crippen molar-refractivity contribution in [2.75, 3.05) is 0 Å². The summed E-state index contributed by atoms with van der Waals surface area (Å²) < 4.78 is 1.40. The van der Waals surface area contributed by atoms with E-state index in [4.69, 9.17) is 34.8 Å². The van der Waals surface area contributed by atoms with E-state index in [1.54, 1.807) is 30.3 Å². The second-order valence-electron chi connectivity index (χ2n) is 6.11. The molecular formula is C21H13Cl3N2O2. The van der Waals surface area contributed by atoms with Gasteiger partial charge in [0.2, 0.25) is 0 Å². The van der Waals surface area contributed by atoms with Gasteiger partial charge in [-0.05, 0) is 35.4 Å². The standard InChI is InChI=1S/C21H13Cl3N2O2/c22-16-6-1-4-13(15(16)11-27)12-5-2-9-19-14(12)10-25-21(28)26(19)20-17(23)7-3-8-18(20)24/h1-10,27H,11H2. The minimum Gasteiger partial charge on any atom is -0.392 e. The fourth-order valence-electron chi connectivity index (χ4n) is 3.29. The molecule has 28 heavy (non-hydrogen) atoms. The van der Waals surface area contributed by atoms with Crippen molar-refractivity contribution in [1.82, 2.24) is 9.55 Å². The molecule has 4 nitrogen and oxygen atoms in total. The first-order valence-electron chi connectivity index (χ1n) is 8.36. The Labute approximate surface area is 175 Å². The maximum absolute atomic E-state index is 12.6. The molecule has 0 unspecified atom stereocenters. The summed E-state index contributed by atoms with van der Waals surface area (Å²) in [7, 11) is 0. The van der Waals surface area contributed by atoms with Crippen LogP contribution < -0.4 is 5.69 Å². The lowest BCUT2D eigenvalue weighted by molar-refractivity contribution is 0.282. The van der Waals surface area contributed by atoms with Crippen LogP contribution in [-0.4, -0.2) is 14.7 Å². The van der Waals surface area contributed by atoms with Crippen LogP contribution in [0.15, 0.2) is 65.6 Å². The first-order valence-corrected chi connectivity index (χ1v) is 9.50. The first-order chi connectivity index (χ1) is 13.5. The van der Waals surface area contributed by atoms with Gasteiger partial charge in [-0.3, -0.25) is 4.57 Å². The predicted octanol–water partition coefficient (Wildman–Crippen LogP) is 5.51. The van der Waals surface area contributed by atoms with E-state index >= 15 is 0 Å². The molecule has 0 amide bonds. The van der Waals surface area contributed by atoms with E-state index in [1.807, 2.05) is 24.3 Å². The number of aliphatic hydroxyl groups is 1. The Hall–Kier alpha value is -2.37. The molecule has 0 saturated carbocycles. The summed E-state index contributed by atoms with van der Waals surface area (Å²) in [6, 6.07) is 15.9. The molecule has 1 heterocycles. The Morgan fingerprint density at radius 2 is 1.46 bits per heavy atom. The Morgan fingerprint density at radius 3 is 2.18 bits per heavy atom. The Kier molecular flexibility index (Phi) is 5.13. The molecule has 1 N–H and O–H groups in total. The summed E-state index contributed by atoms with van der Waals surface area (Å²) in [6.07, 6.45) is 1.51. The minimum absolute atomic E-state index is 0.213. The zero-order valence-corrected chi connectivity index (χ0v) is 16.6. The number of aromatic nitrogens is 2. The number of rotatable bonds is 3. The van der Waals surface area contributed by atoms with E-state index in [0.717, 1.165) is 11.1 Å². The molecule has 0 aliphatic carbocycles. The van der Waals surface area contributed by atoms with Crippen molar-refractivity contribution >= 4 is 45.7 Å². The topological polar surface area (TPSA) is 55.1 Å². The van der Waals surface area contributed by atoms with Gasteiger partial charge in [0.05, 0.1) is 27.9 Å². The van der Waals surface area contributed by atoms with Crippen LogP contribution in [0.25, 0.3) is 27.7 Å². The molecule has 0 saturated heterocycles. The van der Waals surface area contributed by atoms with Crippen molar-refractivity contribution in [3.05, 3.63) is 91.9 Å². The average Bonchev–Trinajstić information content (AvgIpc) is 2.68. The molecule has 0 spiro atoms. The first kappa shape index (κ1) is 19.0. The van der Waals surface area contributed by atoms with Gasteiger partial charge in [-0.25, -0.2) is 9.78 Å². The van der Waals surface area contributed by atoms with Gasteiger partial charge in [-0.2, -0.15) is 0 Å². The van der Waals surface area contributed by atoms with Gasteiger partial charge < -0.3 is 5.11 Å². The summed E-state index contributed by atoms with van der Waals surface area (Å²) in [6.45, 7) is -0.213. The summed E-state index contributed by atoms with van der Waals surface area (Å²) in [5, 5.41) is 11.6. The molecule has 4 rings (SSSR count). The number of fused-ring (bicyclic) bond motifs is 1. The Balaban J connectivity index is 2.11. The second kappa shape index (κ2) is 7.57. The van der Waals surface area contributed by atoms with Gasteiger partial charge in [0, 0.05) is 22.2 Å². The fraction of sp³-hybridized carbons (Fsp3) is 0.0476. The van der Waals surface area contributed by atoms with Crippen LogP contribution >= 0.6 is 34.8 Å². The molecule has 0 aliphatic heterocycles. The van der Waals surface area contributed by atoms with Crippen LogP contribution in [0.5, 0.6) is 0 Å².